The number of benzene rings is 7. The van der Waals surface area contributed by atoms with Crippen LogP contribution in [-0.4, -0.2) is 15.0 Å². The Morgan fingerprint density at radius 1 is 0.340 bits per heavy atom. The summed E-state index contributed by atoms with van der Waals surface area (Å²) in [5, 5.41) is 3.57. The van der Waals surface area contributed by atoms with Crippen LogP contribution in [0.1, 0.15) is 0 Å². The van der Waals surface area contributed by atoms with E-state index in [1.54, 1.807) is 0 Å². The van der Waals surface area contributed by atoms with Gasteiger partial charge in [0, 0.05) is 33.8 Å². The average molecular weight is 638 g/mol. The summed E-state index contributed by atoms with van der Waals surface area (Å²) >= 11 is 0. The minimum absolute atomic E-state index is 0.702. The standard InChI is InChI=1S/C47H31N3/c1-3-12-35(13-4-1)43-31-44(36-14-5-2-6-15-36)50-47(49-43)39-26-24-37(25-27-39)45-40-18-8-7-11-32(40)28-29-41(45)33-20-22-34(23-21-33)42-19-9-16-38-17-10-30-48-46(38)42/h1-31H. The molecular weight excluding hydrogens is 607 g/mol. The number of fused-ring (bicyclic) bond motifs is 2. The second-order valence-electron chi connectivity index (χ2n) is 12.4. The Balaban J connectivity index is 1.13. The normalized spacial score (nSPS) is 11.2. The van der Waals surface area contributed by atoms with Crippen molar-refractivity contribution in [3.63, 3.8) is 0 Å². The Kier molecular flexibility index (Phi) is 7.49. The summed E-state index contributed by atoms with van der Waals surface area (Å²) in [4.78, 5) is 14.8. The first-order valence-corrected chi connectivity index (χ1v) is 16.9. The molecular formula is C47H31N3. The van der Waals surface area contributed by atoms with E-state index in [1.807, 2.05) is 48.7 Å². The Morgan fingerprint density at radius 3 is 1.60 bits per heavy atom. The van der Waals surface area contributed by atoms with Gasteiger partial charge in [-0.2, -0.15) is 0 Å². The fraction of sp³-hybridized carbons (Fsp3) is 0. The fourth-order valence-electron chi connectivity index (χ4n) is 6.87. The third kappa shape index (κ3) is 5.51. The SMILES string of the molecule is c1ccc(-c2cc(-c3ccccc3)nc(-c3ccc(-c4c(-c5ccc(-c6cccc7cccnc67)cc5)ccc5ccccc45)cc3)n2)cc1. The maximum Gasteiger partial charge on any atom is 0.160 e. The lowest BCUT2D eigenvalue weighted by Gasteiger charge is -2.15. The minimum Gasteiger partial charge on any atom is -0.256 e. The summed E-state index contributed by atoms with van der Waals surface area (Å²) in [6, 6.07) is 63.8. The molecule has 2 aromatic heterocycles. The first-order valence-electron chi connectivity index (χ1n) is 16.9. The average Bonchev–Trinajstić information content (AvgIpc) is 3.21. The molecule has 0 atom stereocenters. The molecule has 0 aliphatic heterocycles. The van der Waals surface area contributed by atoms with Crippen molar-refractivity contribution in [2.75, 3.05) is 0 Å². The monoisotopic (exact) mass is 637 g/mol. The predicted octanol–water partition coefficient (Wildman–Crippen LogP) is 12.2. The van der Waals surface area contributed by atoms with Gasteiger partial charge in [-0.1, -0.05) is 170 Å². The molecule has 50 heavy (non-hydrogen) atoms. The van der Waals surface area contributed by atoms with Gasteiger partial charge in [0.1, 0.15) is 0 Å². The molecule has 3 heteroatoms. The molecule has 0 fully saturated rings. The Morgan fingerprint density at radius 2 is 0.900 bits per heavy atom. The van der Waals surface area contributed by atoms with Crippen molar-refractivity contribution in [3.05, 3.63) is 188 Å². The highest BCUT2D eigenvalue weighted by molar-refractivity contribution is 6.04. The van der Waals surface area contributed by atoms with Gasteiger partial charge in [0.2, 0.25) is 0 Å². The summed E-state index contributed by atoms with van der Waals surface area (Å²) in [5.74, 6) is 0.702. The lowest BCUT2D eigenvalue weighted by molar-refractivity contribution is 1.18. The molecule has 0 amide bonds. The highest BCUT2D eigenvalue weighted by atomic mass is 14.9. The molecule has 3 nitrogen and oxygen atoms in total. The van der Waals surface area contributed by atoms with E-state index in [2.05, 4.69) is 145 Å². The molecule has 2 heterocycles. The fourth-order valence-corrected chi connectivity index (χ4v) is 6.87. The van der Waals surface area contributed by atoms with Crippen molar-refractivity contribution < 1.29 is 0 Å². The maximum atomic E-state index is 5.05. The van der Waals surface area contributed by atoms with Crippen molar-refractivity contribution >= 4 is 21.7 Å². The van der Waals surface area contributed by atoms with Crippen LogP contribution in [-0.2, 0) is 0 Å². The van der Waals surface area contributed by atoms with E-state index in [-0.39, 0.29) is 0 Å². The molecule has 7 aromatic carbocycles. The van der Waals surface area contributed by atoms with Crippen LogP contribution < -0.4 is 0 Å². The van der Waals surface area contributed by atoms with Crippen LogP contribution in [0.4, 0.5) is 0 Å². The van der Waals surface area contributed by atoms with Crippen LogP contribution in [0.3, 0.4) is 0 Å². The van der Waals surface area contributed by atoms with Gasteiger partial charge in [0.25, 0.3) is 0 Å². The second kappa shape index (κ2) is 12.7. The lowest BCUT2D eigenvalue weighted by atomic mass is 9.89. The molecule has 0 N–H and O–H groups in total. The zero-order chi connectivity index (χ0) is 33.3. The van der Waals surface area contributed by atoms with E-state index in [9.17, 15) is 0 Å². The molecule has 0 spiro atoms. The molecule has 0 saturated carbocycles. The first-order chi connectivity index (χ1) is 24.8. The van der Waals surface area contributed by atoms with E-state index in [1.165, 1.54) is 21.9 Å². The lowest BCUT2D eigenvalue weighted by Crippen LogP contribution is -1.96. The van der Waals surface area contributed by atoms with E-state index < -0.39 is 0 Å². The second-order valence-corrected chi connectivity index (χ2v) is 12.4. The molecule has 9 rings (SSSR count). The maximum absolute atomic E-state index is 5.05. The summed E-state index contributed by atoms with van der Waals surface area (Å²) < 4.78 is 0. The Labute approximate surface area is 291 Å². The summed E-state index contributed by atoms with van der Waals surface area (Å²) in [7, 11) is 0. The number of nitrogens with zero attached hydrogens (tertiary/aromatic N) is 3. The van der Waals surface area contributed by atoms with Crippen molar-refractivity contribution in [2.24, 2.45) is 0 Å². The smallest absolute Gasteiger partial charge is 0.160 e. The predicted molar refractivity (Wildman–Crippen MR) is 207 cm³/mol. The van der Waals surface area contributed by atoms with Gasteiger partial charge in [-0.25, -0.2) is 9.97 Å². The van der Waals surface area contributed by atoms with Crippen molar-refractivity contribution in [3.8, 4) is 67.3 Å². The number of hydrogen-bond acceptors (Lipinski definition) is 3. The molecule has 0 aliphatic carbocycles. The van der Waals surface area contributed by atoms with Crippen LogP contribution in [0.25, 0.3) is 89.0 Å². The van der Waals surface area contributed by atoms with E-state index in [4.69, 9.17) is 9.97 Å². The molecule has 234 valence electrons. The summed E-state index contributed by atoms with van der Waals surface area (Å²) in [6.07, 6.45) is 1.86. The molecule has 0 unspecified atom stereocenters. The van der Waals surface area contributed by atoms with E-state index in [0.717, 1.165) is 61.2 Å². The van der Waals surface area contributed by atoms with Crippen LogP contribution >= 0.6 is 0 Å². The minimum atomic E-state index is 0.702. The quantitative estimate of drug-likeness (QED) is 0.182. The largest absolute Gasteiger partial charge is 0.256 e. The number of rotatable bonds is 6. The molecule has 0 aliphatic rings. The van der Waals surface area contributed by atoms with Crippen LogP contribution in [0, 0.1) is 0 Å². The van der Waals surface area contributed by atoms with Crippen LogP contribution in [0.15, 0.2) is 188 Å². The number of hydrogen-bond donors (Lipinski definition) is 0. The van der Waals surface area contributed by atoms with E-state index in [0.29, 0.717) is 5.82 Å². The van der Waals surface area contributed by atoms with Gasteiger partial charge in [-0.05, 0) is 50.7 Å². The van der Waals surface area contributed by atoms with Crippen LogP contribution in [0.5, 0.6) is 0 Å². The van der Waals surface area contributed by atoms with Gasteiger partial charge >= 0.3 is 0 Å². The number of para-hydroxylation sites is 1. The Hall–Kier alpha value is -6.71. The summed E-state index contributed by atoms with van der Waals surface area (Å²) in [6.45, 7) is 0. The third-order valence-corrected chi connectivity index (χ3v) is 9.37. The van der Waals surface area contributed by atoms with Gasteiger partial charge in [0.05, 0.1) is 16.9 Å². The third-order valence-electron chi connectivity index (χ3n) is 9.37. The van der Waals surface area contributed by atoms with E-state index >= 15 is 0 Å². The zero-order valence-electron chi connectivity index (χ0n) is 27.2. The molecule has 0 bridgehead atoms. The highest BCUT2D eigenvalue weighted by Gasteiger charge is 2.15. The van der Waals surface area contributed by atoms with Gasteiger partial charge < -0.3 is 0 Å². The molecule has 9 aromatic rings. The van der Waals surface area contributed by atoms with Crippen LogP contribution in [0.2, 0.25) is 0 Å². The van der Waals surface area contributed by atoms with Gasteiger partial charge in [-0.3, -0.25) is 4.98 Å². The Bertz CT molecular complexity index is 2550. The number of aromatic nitrogens is 3. The number of pyridine rings is 1. The highest BCUT2D eigenvalue weighted by Crippen LogP contribution is 2.40. The molecule has 0 radical (unpaired) electrons. The van der Waals surface area contributed by atoms with Crippen molar-refractivity contribution in [1.29, 1.82) is 0 Å². The molecule has 0 saturated heterocycles. The van der Waals surface area contributed by atoms with Crippen molar-refractivity contribution in [2.45, 2.75) is 0 Å². The van der Waals surface area contributed by atoms with Crippen molar-refractivity contribution in [1.82, 2.24) is 15.0 Å². The first kappa shape index (κ1) is 29.4. The summed E-state index contributed by atoms with van der Waals surface area (Å²) in [5.41, 5.74) is 12.9. The zero-order valence-corrected chi connectivity index (χ0v) is 27.2. The van der Waals surface area contributed by atoms with Gasteiger partial charge in [0.15, 0.2) is 5.82 Å². The van der Waals surface area contributed by atoms with Gasteiger partial charge in [-0.15, -0.1) is 0 Å². The topological polar surface area (TPSA) is 38.7 Å².